The van der Waals surface area contributed by atoms with Crippen LogP contribution in [0.5, 0.6) is 0 Å². The number of nitrogens with zero attached hydrogens (tertiary/aromatic N) is 1. The second-order valence-corrected chi connectivity index (χ2v) is 6.93. The molecular formula is C21H28IN3O. The van der Waals surface area contributed by atoms with Gasteiger partial charge in [-0.15, -0.1) is 24.0 Å². The maximum Gasteiger partial charge on any atom is 0.193 e. The molecule has 1 aliphatic rings. The average molecular weight is 465 g/mol. The third-order valence-corrected chi connectivity index (χ3v) is 5.00. The highest BCUT2D eigenvalue weighted by atomic mass is 127. The summed E-state index contributed by atoms with van der Waals surface area (Å²) in [6.45, 7) is 1.32. The largest absolute Gasteiger partial charge is 0.380 e. The number of rotatable bonds is 7. The van der Waals surface area contributed by atoms with E-state index < -0.39 is 0 Å². The van der Waals surface area contributed by atoms with Crippen LogP contribution in [0.25, 0.3) is 0 Å². The smallest absolute Gasteiger partial charge is 0.193 e. The lowest BCUT2D eigenvalue weighted by atomic mass is 9.65. The number of ether oxygens (including phenoxy) is 1. The molecule has 0 amide bonds. The number of nitrogens with two attached hydrogens (primary N) is 1. The molecule has 0 radical (unpaired) electrons. The average Bonchev–Trinajstić information content (AvgIpc) is 2.60. The van der Waals surface area contributed by atoms with Gasteiger partial charge in [0.25, 0.3) is 0 Å². The first kappa shape index (κ1) is 20.7. The zero-order valence-corrected chi connectivity index (χ0v) is 17.6. The van der Waals surface area contributed by atoms with Crippen LogP contribution in [-0.4, -0.2) is 19.6 Å². The minimum atomic E-state index is 0. The van der Waals surface area contributed by atoms with Crippen molar-refractivity contribution in [2.75, 3.05) is 19.0 Å². The van der Waals surface area contributed by atoms with Gasteiger partial charge in [-0.05, 0) is 36.3 Å². The second-order valence-electron chi connectivity index (χ2n) is 6.93. The van der Waals surface area contributed by atoms with E-state index in [1.165, 1.54) is 24.8 Å². The predicted octanol–water partition coefficient (Wildman–Crippen LogP) is 4.59. The lowest BCUT2D eigenvalue weighted by Gasteiger charge is -2.41. The molecule has 2 aromatic rings. The van der Waals surface area contributed by atoms with Crippen LogP contribution in [0, 0.1) is 5.41 Å². The van der Waals surface area contributed by atoms with Crippen molar-refractivity contribution in [3.63, 3.8) is 0 Å². The monoisotopic (exact) mass is 465 g/mol. The molecule has 4 nitrogen and oxygen atoms in total. The van der Waals surface area contributed by atoms with E-state index >= 15 is 0 Å². The number of halogens is 1. The molecule has 2 aromatic carbocycles. The maximum atomic E-state index is 6.15. The number of methoxy groups -OCH3 is 1. The first-order valence-corrected chi connectivity index (χ1v) is 8.88. The summed E-state index contributed by atoms with van der Waals surface area (Å²) >= 11 is 0. The van der Waals surface area contributed by atoms with E-state index in [1.807, 2.05) is 24.3 Å². The van der Waals surface area contributed by atoms with E-state index in [0.29, 0.717) is 12.6 Å². The number of hydrogen-bond donors (Lipinski definition) is 2. The van der Waals surface area contributed by atoms with Gasteiger partial charge in [-0.1, -0.05) is 55.0 Å². The fourth-order valence-electron chi connectivity index (χ4n) is 3.45. The van der Waals surface area contributed by atoms with Gasteiger partial charge in [0.15, 0.2) is 5.96 Å². The molecular weight excluding hydrogens is 437 g/mol. The summed E-state index contributed by atoms with van der Waals surface area (Å²) in [6.07, 6.45) is 4.80. The Morgan fingerprint density at radius 1 is 1.12 bits per heavy atom. The summed E-state index contributed by atoms with van der Waals surface area (Å²) in [4.78, 5) is 4.65. The highest BCUT2D eigenvalue weighted by Gasteiger charge is 2.36. The second kappa shape index (κ2) is 9.92. The molecule has 3 rings (SSSR count). The normalized spacial score (nSPS) is 15.7. The van der Waals surface area contributed by atoms with Crippen LogP contribution in [0.15, 0.2) is 59.6 Å². The van der Waals surface area contributed by atoms with Crippen molar-refractivity contribution < 1.29 is 4.74 Å². The van der Waals surface area contributed by atoms with Crippen LogP contribution in [0.3, 0.4) is 0 Å². The summed E-state index contributed by atoms with van der Waals surface area (Å²) in [5.41, 5.74) is 9.83. The van der Waals surface area contributed by atoms with Crippen molar-refractivity contribution >= 4 is 35.6 Å². The minimum absolute atomic E-state index is 0. The number of aliphatic imine (C=N–C) groups is 1. The molecule has 0 spiro atoms. The van der Waals surface area contributed by atoms with Crippen molar-refractivity contribution in [2.24, 2.45) is 16.1 Å². The highest BCUT2D eigenvalue weighted by Crippen LogP contribution is 2.44. The van der Waals surface area contributed by atoms with Gasteiger partial charge in [0.05, 0.1) is 6.61 Å². The molecule has 0 aromatic heterocycles. The van der Waals surface area contributed by atoms with E-state index in [2.05, 4.69) is 40.6 Å². The van der Waals surface area contributed by atoms with Crippen LogP contribution in [0.2, 0.25) is 0 Å². The van der Waals surface area contributed by atoms with Crippen LogP contribution in [0.1, 0.15) is 30.4 Å². The molecule has 1 aliphatic carbocycles. The maximum absolute atomic E-state index is 6.15. The number of benzene rings is 2. The van der Waals surface area contributed by atoms with E-state index in [-0.39, 0.29) is 29.4 Å². The van der Waals surface area contributed by atoms with Crippen LogP contribution >= 0.6 is 24.0 Å². The van der Waals surface area contributed by atoms with Gasteiger partial charge >= 0.3 is 0 Å². The Morgan fingerprint density at radius 3 is 2.46 bits per heavy atom. The molecule has 0 aliphatic heterocycles. The van der Waals surface area contributed by atoms with Gasteiger partial charge in [0.1, 0.15) is 0 Å². The van der Waals surface area contributed by atoms with Crippen LogP contribution < -0.4 is 11.1 Å². The van der Waals surface area contributed by atoms with Crippen molar-refractivity contribution in [3.05, 3.63) is 65.7 Å². The molecule has 140 valence electrons. The highest BCUT2D eigenvalue weighted by molar-refractivity contribution is 14.0. The lowest BCUT2D eigenvalue weighted by molar-refractivity contribution is 0.145. The Bertz CT molecular complexity index is 714. The molecule has 0 bridgehead atoms. The van der Waals surface area contributed by atoms with E-state index in [0.717, 1.165) is 24.2 Å². The first-order valence-electron chi connectivity index (χ1n) is 8.88. The SMILES string of the molecule is COCc1ccccc1NC(N)=NCC1(Cc2ccccc2)CCC1.I. The third kappa shape index (κ3) is 5.45. The predicted molar refractivity (Wildman–Crippen MR) is 119 cm³/mol. The molecule has 1 saturated carbocycles. The molecule has 0 saturated heterocycles. The number of nitrogens with one attached hydrogen (secondary N) is 1. The standard InChI is InChI=1S/C21H27N3O.HI/c1-25-15-18-10-5-6-11-19(18)24-20(22)23-16-21(12-7-13-21)14-17-8-3-2-4-9-17;/h2-6,8-11H,7,12-16H2,1H3,(H3,22,23,24);1H. The van der Waals surface area contributed by atoms with Crippen LogP contribution in [0.4, 0.5) is 5.69 Å². The lowest BCUT2D eigenvalue weighted by Crippen LogP contribution is -2.36. The van der Waals surface area contributed by atoms with Gasteiger partial charge in [-0.2, -0.15) is 0 Å². The van der Waals surface area contributed by atoms with Crippen molar-refractivity contribution in [1.82, 2.24) is 0 Å². The van der Waals surface area contributed by atoms with Gasteiger partial charge in [-0.25, -0.2) is 0 Å². The summed E-state index contributed by atoms with van der Waals surface area (Å²) in [5, 5.41) is 3.23. The van der Waals surface area contributed by atoms with Crippen molar-refractivity contribution in [3.8, 4) is 0 Å². The van der Waals surface area contributed by atoms with E-state index in [4.69, 9.17) is 10.5 Å². The van der Waals surface area contributed by atoms with Crippen LogP contribution in [-0.2, 0) is 17.8 Å². The topological polar surface area (TPSA) is 59.6 Å². The quantitative estimate of drug-likeness (QED) is 0.357. The Balaban J connectivity index is 0.00000243. The van der Waals surface area contributed by atoms with E-state index in [1.54, 1.807) is 7.11 Å². The minimum Gasteiger partial charge on any atom is -0.380 e. The zero-order valence-electron chi connectivity index (χ0n) is 15.3. The number of anilines is 1. The Labute approximate surface area is 173 Å². The van der Waals surface area contributed by atoms with Gasteiger partial charge in [0.2, 0.25) is 0 Å². The van der Waals surface area contributed by atoms with Gasteiger partial charge in [0, 0.05) is 24.9 Å². The fourth-order valence-corrected chi connectivity index (χ4v) is 3.45. The molecule has 3 N–H and O–H groups in total. The molecule has 26 heavy (non-hydrogen) atoms. The third-order valence-electron chi connectivity index (χ3n) is 5.00. The first-order chi connectivity index (χ1) is 12.2. The van der Waals surface area contributed by atoms with Gasteiger partial charge < -0.3 is 15.8 Å². The Kier molecular flexibility index (Phi) is 7.90. The summed E-state index contributed by atoms with van der Waals surface area (Å²) < 4.78 is 5.24. The molecule has 5 heteroatoms. The fraction of sp³-hybridized carbons (Fsp3) is 0.381. The molecule has 0 unspecified atom stereocenters. The number of guanidine groups is 1. The van der Waals surface area contributed by atoms with E-state index in [9.17, 15) is 0 Å². The van der Waals surface area contributed by atoms with Crippen molar-refractivity contribution in [1.29, 1.82) is 0 Å². The zero-order chi connectivity index (χ0) is 17.5. The Morgan fingerprint density at radius 2 is 1.81 bits per heavy atom. The molecule has 0 heterocycles. The molecule has 1 fully saturated rings. The number of para-hydroxylation sites is 1. The van der Waals surface area contributed by atoms with Gasteiger partial charge in [-0.3, -0.25) is 4.99 Å². The Hall–Kier alpha value is -1.60. The molecule has 0 atom stereocenters. The summed E-state index contributed by atoms with van der Waals surface area (Å²) in [5.74, 6) is 0.475. The summed E-state index contributed by atoms with van der Waals surface area (Å²) in [7, 11) is 1.69. The summed E-state index contributed by atoms with van der Waals surface area (Å²) in [6, 6.07) is 18.7. The number of hydrogen-bond acceptors (Lipinski definition) is 2. The van der Waals surface area contributed by atoms with Crippen molar-refractivity contribution in [2.45, 2.75) is 32.3 Å².